The van der Waals surface area contributed by atoms with E-state index in [1.54, 1.807) is 20.8 Å². The summed E-state index contributed by atoms with van der Waals surface area (Å²) in [6, 6.07) is 6.98. The highest BCUT2D eigenvalue weighted by atomic mass is 79.9. The quantitative estimate of drug-likeness (QED) is 0.728. The third-order valence-corrected chi connectivity index (χ3v) is 3.58. The van der Waals surface area contributed by atoms with Crippen LogP contribution in [0.1, 0.15) is 42.0 Å². The van der Waals surface area contributed by atoms with Crippen LogP contribution in [0.15, 0.2) is 28.7 Å². The number of alkyl carbamates (subject to hydrolysis) is 1. The number of amides is 2. The molecule has 0 heterocycles. The molecule has 1 aromatic rings. The van der Waals surface area contributed by atoms with E-state index >= 15 is 0 Å². The van der Waals surface area contributed by atoms with Gasteiger partial charge in [-0.05, 0) is 52.3 Å². The monoisotopic (exact) mass is 402 g/mol. The van der Waals surface area contributed by atoms with Crippen LogP contribution in [0, 0.1) is 0 Å². The SMILES string of the molecule is C[C@@H](Oc1cccc(Br)c1)[C@H](CCC(N)=O)NC(=O)OC(C)(C)C.[HH]. The first-order valence-corrected chi connectivity index (χ1v) is 8.56. The van der Waals surface area contributed by atoms with Crippen molar-refractivity contribution < 1.29 is 20.5 Å². The van der Waals surface area contributed by atoms with Crippen molar-refractivity contribution in [3.63, 3.8) is 0 Å². The van der Waals surface area contributed by atoms with Gasteiger partial charge in [0.05, 0.1) is 6.04 Å². The number of nitrogens with two attached hydrogens (primary N) is 1. The molecule has 0 aliphatic rings. The average Bonchev–Trinajstić information content (AvgIpc) is 2.41. The Hall–Kier alpha value is -1.76. The van der Waals surface area contributed by atoms with Gasteiger partial charge in [-0.25, -0.2) is 4.79 Å². The van der Waals surface area contributed by atoms with Gasteiger partial charge in [-0.1, -0.05) is 22.0 Å². The number of benzene rings is 1. The molecule has 3 N–H and O–H groups in total. The minimum absolute atomic E-state index is 0. The molecule has 0 saturated heterocycles. The number of primary amides is 1. The van der Waals surface area contributed by atoms with Crippen molar-refractivity contribution in [2.45, 2.75) is 58.3 Å². The summed E-state index contributed by atoms with van der Waals surface area (Å²) in [5.41, 5.74) is 4.61. The van der Waals surface area contributed by atoms with Gasteiger partial charge >= 0.3 is 6.09 Å². The van der Waals surface area contributed by atoms with Crippen LogP contribution < -0.4 is 15.8 Å². The Kier molecular flexibility index (Phi) is 7.54. The van der Waals surface area contributed by atoms with Gasteiger partial charge in [-0.2, -0.15) is 0 Å². The molecule has 0 fully saturated rings. The van der Waals surface area contributed by atoms with Gasteiger partial charge in [0.2, 0.25) is 5.91 Å². The molecule has 0 unspecified atom stereocenters. The minimum atomic E-state index is -0.604. The lowest BCUT2D eigenvalue weighted by Gasteiger charge is -2.27. The van der Waals surface area contributed by atoms with E-state index < -0.39 is 23.6 Å². The Morgan fingerprint density at radius 3 is 2.58 bits per heavy atom. The van der Waals surface area contributed by atoms with Crippen LogP contribution in [0.2, 0.25) is 0 Å². The molecule has 0 aliphatic carbocycles. The predicted octanol–water partition coefficient (Wildman–Crippen LogP) is 3.62. The summed E-state index contributed by atoms with van der Waals surface area (Å²) in [5.74, 6) is 0.229. The normalized spacial score (nSPS) is 13.7. The topological polar surface area (TPSA) is 90.6 Å². The average molecular weight is 403 g/mol. The van der Waals surface area contributed by atoms with Gasteiger partial charge in [0.1, 0.15) is 17.5 Å². The van der Waals surface area contributed by atoms with E-state index in [9.17, 15) is 9.59 Å². The van der Waals surface area contributed by atoms with E-state index in [0.717, 1.165) is 4.47 Å². The minimum Gasteiger partial charge on any atom is -0.489 e. The highest BCUT2D eigenvalue weighted by molar-refractivity contribution is 9.10. The molecule has 7 heteroatoms. The predicted molar refractivity (Wildman–Crippen MR) is 97.9 cm³/mol. The van der Waals surface area contributed by atoms with Crippen LogP contribution in [0.3, 0.4) is 0 Å². The zero-order chi connectivity index (χ0) is 18.3. The van der Waals surface area contributed by atoms with Crippen molar-refractivity contribution in [3.05, 3.63) is 28.7 Å². The molecule has 0 bridgehead atoms. The van der Waals surface area contributed by atoms with Crippen LogP contribution in [0.25, 0.3) is 0 Å². The van der Waals surface area contributed by atoms with E-state index in [4.69, 9.17) is 15.2 Å². The van der Waals surface area contributed by atoms with Gasteiger partial charge in [0, 0.05) is 12.3 Å². The van der Waals surface area contributed by atoms with Crippen molar-refractivity contribution in [2.75, 3.05) is 0 Å². The van der Waals surface area contributed by atoms with Gasteiger partial charge in [0.15, 0.2) is 0 Å². The molecule has 24 heavy (non-hydrogen) atoms. The highest BCUT2D eigenvalue weighted by Gasteiger charge is 2.25. The van der Waals surface area contributed by atoms with Gasteiger partial charge in [-0.3, -0.25) is 4.79 Å². The van der Waals surface area contributed by atoms with Crippen LogP contribution >= 0.6 is 15.9 Å². The molecule has 1 rings (SSSR count). The number of hydrogen-bond acceptors (Lipinski definition) is 4. The zero-order valence-corrected chi connectivity index (χ0v) is 16.1. The molecule has 2 amide bonds. The molecule has 0 saturated carbocycles. The van der Waals surface area contributed by atoms with Gasteiger partial charge in [0.25, 0.3) is 0 Å². The first-order valence-electron chi connectivity index (χ1n) is 7.77. The molecule has 0 radical (unpaired) electrons. The summed E-state index contributed by atoms with van der Waals surface area (Å²) in [5, 5.41) is 2.76. The smallest absolute Gasteiger partial charge is 0.408 e. The fraction of sp³-hybridized carbons (Fsp3) is 0.529. The Labute approximate surface area is 152 Å². The molecule has 0 aromatic heterocycles. The number of carbonyl (C=O) groups is 2. The van der Waals surface area contributed by atoms with Gasteiger partial charge < -0.3 is 20.5 Å². The van der Waals surface area contributed by atoms with Crippen molar-refractivity contribution in [3.8, 4) is 5.75 Å². The highest BCUT2D eigenvalue weighted by Crippen LogP contribution is 2.20. The number of carbonyl (C=O) groups excluding carboxylic acids is 2. The molecule has 0 aliphatic heterocycles. The number of halogens is 1. The van der Waals surface area contributed by atoms with Crippen LogP contribution in [-0.2, 0) is 9.53 Å². The van der Waals surface area contributed by atoms with E-state index in [-0.39, 0.29) is 14.0 Å². The molecular formula is C17H27BrN2O4. The van der Waals surface area contributed by atoms with Crippen molar-refractivity contribution in [2.24, 2.45) is 5.73 Å². The summed E-state index contributed by atoms with van der Waals surface area (Å²) in [6.45, 7) is 7.18. The molecule has 0 spiro atoms. The number of ether oxygens (including phenoxy) is 2. The van der Waals surface area contributed by atoms with Crippen molar-refractivity contribution in [1.29, 1.82) is 0 Å². The Balaban J connectivity index is 0.00000576. The van der Waals surface area contributed by atoms with Crippen molar-refractivity contribution in [1.82, 2.24) is 5.32 Å². The molecular weight excluding hydrogens is 376 g/mol. The first kappa shape index (κ1) is 20.3. The summed E-state index contributed by atoms with van der Waals surface area (Å²) < 4.78 is 12.0. The number of hydrogen-bond donors (Lipinski definition) is 2. The van der Waals surface area contributed by atoms with E-state index in [0.29, 0.717) is 12.2 Å². The maximum absolute atomic E-state index is 12.0. The molecule has 6 nitrogen and oxygen atoms in total. The van der Waals surface area contributed by atoms with Gasteiger partial charge in [-0.15, -0.1) is 0 Å². The second-order valence-corrected chi connectivity index (χ2v) is 7.45. The molecule has 1 aromatic carbocycles. The largest absolute Gasteiger partial charge is 0.489 e. The van der Waals surface area contributed by atoms with Crippen LogP contribution in [-0.4, -0.2) is 29.7 Å². The van der Waals surface area contributed by atoms with E-state index in [1.807, 2.05) is 31.2 Å². The van der Waals surface area contributed by atoms with E-state index in [1.165, 1.54) is 0 Å². The third kappa shape index (κ3) is 8.19. The maximum atomic E-state index is 12.0. The Bertz CT molecular complexity index is 578. The Morgan fingerprint density at radius 1 is 1.38 bits per heavy atom. The van der Waals surface area contributed by atoms with E-state index in [2.05, 4.69) is 21.2 Å². The zero-order valence-electron chi connectivity index (χ0n) is 14.5. The summed E-state index contributed by atoms with van der Waals surface area (Å²) in [6.07, 6.45) is -0.413. The molecule has 2 atom stereocenters. The number of nitrogens with one attached hydrogen (secondary N) is 1. The first-order chi connectivity index (χ1) is 11.1. The summed E-state index contributed by atoms with van der Waals surface area (Å²) in [7, 11) is 0. The second-order valence-electron chi connectivity index (χ2n) is 6.54. The lowest BCUT2D eigenvalue weighted by Crippen LogP contribution is -2.46. The maximum Gasteiger partial charge on any atom is 0.408 e. The second kappa shape index (κ2) is 8.92. The third-order valence-electron chi connectivity index (χ3n) is 3.09. The summed E-state index contributed by atoms with van der Waals surface area (Å²) in [4.78, 5) is 23.1. The standard InChI is InChI=1S/C17H25BrN2O4.H2/c1-11(23-13-7-5-6-12(18)10-13)14(8-9-15(19)21)20-16(22)24-17(2,3)4;/h5-7,10-11,14H,8-9H2,1-4H3,(H2,19,21)(H,20,22);1H/t11-,14+;/m1./s1. The lowest BCUT2D eigenvalue weighted by atomic mass is 10.1. The van der Waals surface area contributed by atoms with Crippen LogP contribution in [0.5, 0.6) is 5.75 Å². The number of rotatable bonds is 7. The fourth-order valence-corrected chi connectivity index (χ4v) is 2.40. The van der Waals surface area contributed by atoms with Crippen LogP contribution in [0.4, 0.5) is 4.79 Å². The van der Waals surface area contributed by atoms with Crippen molar-refractivity contribution >= 4 is 27.9 Å². The Morgan fingerprint density at radius 2 is 2.04 bits per heavy atom. The fourth-order valence-electron chi connectivity index (χ4n) is 2.02. The molecule has 136 valence electrons. The lowest BCUT2D eigenvalue weighted by molar-refractivity contribution is -0.118. The summed E-state index contributed by atoms with van der Waals surface area (Å²) >= 11 is 3.38.